The van der Waals surface area contributed by atoms with Crippen molar-refractivity contribution in [3.63, 3.8) is 0 Å². The van der Waals surface area contributed by atoms with E-state index >= 15 is 0 Å². The molecule has 0 radical (unpaired) electrons. The largest absolute Gasteiger partial charge is 0.496 e. The van der Waals surface area contributed by atoms with Crippen LogP contribution in [-0.2, 0) is 16.0 Å². The molecule has 1 saturated carbocycles. The van der Waals surface area contributed by atoms with Crippen LogP contribution in [0.2, 0.25) is 0 Å². The Morgan fingerprint density at radius 1 is 1.22 bits per heavy atom. The van der Waals surface area contributed by atoms with E-state index in [-0.39, 0.29) is 17.7 Å². The van der Waals surface area contributed by atoms with Crippen LogP contribution in [0.4, 0.5) is 0 Å². The fourth-order valence-electron chi connectivity index (χ4n) is 4.21. The molecule has 0 saturated heterocycles. The zero-order chi connectivity index (χ0) is 20.4. The topological polar surface area (TPSA) is 75.6 Å². The normalized spacial score (nSPS) is 23.0. The van der Waals surface area contributed by atoms with Crippen molar-refractivity contribution in [1.82, 2.24) is 5.32 Å². The van der Waals surface area contributed by atoms with E-state index in [0.29, 0.717) is 24.5 Å². The summed E-state index contributed by atoms with van der Waals surface area (Å²) in [6.45, 7) is 10.5. The number of carboxylic acids is 1. The van der Waals surface area contributed by atoms with Crippen LogP contribution < -0.4 is 10.1 Å². The van der Waals surface area contributed by atoms with Gasteiger partial charge in [0.25, 0.3) is 0 Å². The molecule has 0 aromatic heterocycles. The van der Waals surface area contributed by atoms with Crippen LogP contribution in [0.15, 0.2) is 12.1 Å². The number of hydrogen-bond donors (Lipinski definition) is 2. The minimum Gasteiger partial charge on any atom is -0.496 e. The first kappa shape index (κ1) is 21.3. The van der Waals surface area contributed by atoms with Gasteiger partial charge >= 0.3 is 5.97 Å². The summed E-state index contributed by atoms with van der Waals surface area (Å²) in [6.07, 6.45) is 2.68. The second-order valence-electron chi connectivity index (χ2n) is 9.02. The number of rotatable bonds is 5. The first-order valence-corrected chi connectivity index (χ1v) is 9.67. The summed E-state index contributed by atoms with van der Waals surface area (Å²) in [5.41, 5.74) is 1.84. The number of aryl methyl sites for hydroxylation is 2. The second-order valence-corrected chi connectivity index (χ2v) is 9.02. The van der Waals surface area contributed by atoms with Crippen molar-refractivity contribution in [3.05, 3.63) is 28.8 Å². The average Bonchev–Trinajstić information content (AvgIpc) is 2.56. The van der Waals surface area contributed by atoms with Crippen LogP contribution in [0.25, 0.3) is 0 Å². The van der Waals surface area contributed by atoms with Crippen LogP contribution >= 0.6 is 0 Å². The van der Waals surface area contributed by atoms with Crippen molar-refractivity contribution in [2.24, 2.45) is 11.3 Å². The summed E-state index contributed by atoms with van der Waals surface area (Å²) < 4.78 is 5.43. The molecular weight excluding hydrogens is 342 g/mol. The van der Waals surface area contributed by atoms with Gasteiger partial charge < -0.3 is 15.2 Å². The lowest BCUT2D eigenvalue weighted by Crippen LogP contribution is -2.57. The highest BCUT2D eigenvalue weighted by Crippen LogP contribution is 2.41. The van der Waals surface area contributed by atoms with Gasteiger partial charge in [-0.05, 0) is 68.1 Å². The van der Waals surface area contributed by atoms with Gasteiger partial charge in [0, 0.05) is 5.56 Å². The summed E-state index contributed by atoms with van der Waals surface area (Å²) in [7, 11) is 1.59. The highest BCUT2D eigenvalue weighted by atomic mass is 16.5. The summed E-state index contributed by atoms with van der Waals surface area (Å²) in [5.74, 6) is -0.0579. The Morgan fingerprint density at radius 2 is 1.81 bits per heavy atom. The summed E-state index contributed by atoms with van der Waals surface area (Å²) in [6, 6.07) is 3.91. The van der Waals surface area contributed by atoms with Gasteiger partial charge in [-0.1, -0.05) is 26.8 Å². The molecule has 1 aromatic rings. The number of methoxy groups -OCH3 is 1. The van der Waals surface area contributed by atoms with E-state index in [1.54, 1.807) is 7.11 Å². The number of carbonyl (C=O) groups is 2. The third kappa shape index (κ3) is 4.82. The molecule has 27 heavy (non-hydrogen) atoms. The zero-order valence-corrected chi connectivity index (χ0v) is 17.4. The van der Waals surface area contributed by atoms with E-state index in [0.717, 1.165) is 29.5 Å². The van der Waals surface area contributed by atoms with E-state index in [9.17, 15) is 14.7 Å². The Balaban J connectivity index is 2.15. The number of carbonyl (C=O) groups excluding carboxylic acids is 1. The Kier molecular flexibility index (Phi) is 6.23. The first-order valence-electron chi connectivity index (χ1n) is 9.67. The van der Waals surface area contributed by atoms with Crippen LogP contribution in [-0.4, -0.2) is 29.6 Å². The molecule has 0 bridgehead atoms. The van der Waals surface area contributed by atoms with Crippen molar-refractivity contribution in [2.75, 3.05) is 7.11 Å². The van der Waals surface area contributed by atoms with Crippen LogP contribution in [0.1, 0.15) is 63.1 Å². The quantitative estimate of drug-likeness (QED) is 0.815. The van der Waals surface area contributed by atoms with Crippen LogP contribution in [0.3, 0.4) is 0 Å². The Labute approximate surface area is 162 Å². The molecule has 0 aliphatic heterocycles. The number of carboxylic acid groups (broad SMARTS) is 1. The highest BCUT2D eigenvalue weighted by molar-refractivity contribution is 5.88. The molecule has 0 atom stereocenters. The maximum Gasteiger partial charge on any atom is 0.329 e. The van der Waals surface area contributed by atoms with Crippen molar-refractivity contribution >= 4 is 11.9 Å². The summed E-state index contributed by atoms with van der Waals surface area (Å²) in [4.78, 5) is 24.8. The fourth-order valence-corrected chi connectivity index (χ4v) is 4.21. The number of benzene rings is 1. The van der Waals surface area contributed by atoms with E-state index in [1.165, 1.54) is 0 Å². The number of aliphatic carboxylic acids is 1. The predicted molar refractivity (Wildman–Crippen MR) is 106 cm³/mol. The first-order chi connectivity index (χ1) is 12.5. The molecule has 5 nitrogen and oxygen atoms in total. The number of ether oxygens (including phenoxy) is 1. The average molecular weight is 376 g/mol. The third-order valence-corrected chi connectivity index (χ3v) is 5.99. The van der Waals surface area contributed by atoms with Gasteiger partial charge in [0.2, 0.25) is 5.91 Å². The summed E-state index contributed by atoms with van der Waals surface area (Å²) in [5, 5.41) is 12.7. The van der Waals surface area contributed by atoms with E-state index in [1.807, 2.05) is 26.0 Å². The fraction of sp³-hybridized carbons (Fsp3) is 0.636. The van der Waals surface area contributed by atoms with Crippen molar-refractivity contribution in [2.45, 2.75) is 72.3 Å². The van der Waals surface area contributed by atoms with Crippen molar-refractivity contribution in [3.8, 4) is 5.75 Å². The lowest BCUT2D eigenvalue weighted by Gasteiger charge is -2.42. The van der Waals surface area contributed by atoms with E-state index in [2.05, 4.69) is 26.1 Å². The Morgan fingerprint density at radius 3 is 2.30 bits per heavy atom. The van der Waals surface area contributed by atoms with Crippen molar-refractivity contribution < 1.29 is 19.4 Å². The minimum absolute atomic E-state index is 0.118. The van der Waals surface area contributed by atoms with Crippen LogP contribution in [0.5, 0.6) is 5.75 Å². The molecule has 1 aliphatic carbocycles. The molecule has 0 spiro atoms. The third-order valence-electron chi connectivity index (χ3n) is 5.99. The lowest BCUT2D eigenvalue weighted by atomic mass is 9.67. The maximum atomic E-state index is 12.7. The maximum absolute atomic E-state index is 12.7. The SMILES string of the molecule is COc1cc(C)cc(C)c1CC(=O)NC1(C(=O)O)CCC(C(C)(C)C)CC1. The van der Waals surface area contributed by atoms with Gasteiger partial charge in [-0.3, -0.25) is 4.79 Å². The van der Waals surface area contributed by atoms with E-state index in [4.69, 9.17) is 4.74 Å². The van der Waals surface area contributed by atoms with Gasteiger partial charge in [-0.15, -0.1) is 0 Å². The zero-order valence-electron chi connectivity index (χ0n) is 17.4. The van der Waals surface area contributed by atoms with Gasteiger partial charge in [-0.25, -0.2) is 4.79 Å². The van der Waals surface area contributed by atoms with Crippen molar-refractivity contribution in [1.29, 1.82) is 0 Å². The van der Waals surface area contributed by atoms with Crippen LogP contribution in [0, 0.1) is 25.2 Å². The van der Waals surface area contributed by atoms with Gasteiger partial charge in [0.1, 0.15) is 11.3 Å². The monoisotopic (exact) mass is 375 g/mol. The molecule has 1 amide bonds. The van der Waals surface area contributed by atoms with Gasteiger partial charge in [0.05, 0.1) is 13.5 Å². The minimum atomic E-state index is -1.16. The molecule has 2 N–H and O–H groups in total. The molecule has 150 valence electrons. The highest BCUT2D eigenvalue weighted by Gasteiger charge is 2.45. The molecule has 1 fully saturated rings. The molecule has 0 unspecified atom stereocenters. The number of amides is 1. The Bertz CT molecular complexity index is 710. The number of hydrogen-bond acceptors (Lipinski definition) is 3. The molecular formula is C22H33NO4. The molecule has 1 aliphatic rings. The van der Waals surface area contributed by atoms with Gasteiger partial charge in [-0.2, -0.15) is 0 Å². The lowest BCUT2D eigenvalue weighted by molar-refractivity contribution is -0.150. The second kappa shape index (κ2) is 7.91. The van der Waals surface area contributed by atoms with E-state index < -0.39 is 11.5 Å². The molecule has 5 heteroatoms. The molecule has 0 heterocycles. The number of nitrogens with one attached hydrogen (secondary N) is 1. The molecule has 2 rings (SSSR count). The summed E-state index contributed by atoms with van der Waals surface area (Å²) >= 11 is 0. The molecule has 1 aromatic carbocycles. The van der Waals surface area contributed by atoms with Gasteiger partial charge in [0.15, 0.2) is 0 Å². The smallest absolute Gasteiger partial charge is 0.329 e. The Hall–Kier alpha value is -2.04. The predicted octanol–water partition coefficient (Wildman–Crippen LogP) is 4.03. The standard InChI is InChI=1S/C22H33NO4/c1-14-11-15(2)17(18(12-14)27-6)13-19(24)23-22(20(25)26)9-7-16(8-10-22)21(3,4)5/h11-12,16H,7-10,13H2,1-6H3,(H,23,24)(H,25,26).